The summed E-state index contributed by atoms with van der Waals surface area (Å²) in [4.78, 5) is 29.1. The number of unbranched alkanes of at least 4 members (excludes halogenated alkanes) is 16. The summed E-state index contributed by atoms with van der Waals surface area (Å²) in [6.45, 7) is 10.6. The summed E-state index contributed by atoms with van der Waals surface area (Å²) >= 11 is 0. The fourth-order valence-electron chi connectivity index (χ4n) is 8.58. The van der Waals surface area contributed by atoms with Crippen molar-refractivity contribution in [2.75, 3.05) is 26.3 Å². The van der Waals surface area contributed by atoms with E-state index in [1.54, 1.807) is 0 Å². The molecule has 0 saturated carbocycles. The van der Waals surface area contributed by atoms with Crippen LogP contribution in [0.15, 0.2) is 102 Å². The number of ether oxygens (including phenoxy) is 2. The van der Waals surface area contributed by atoms with Gasteiger partial charge in [0.25, 0.3) is 0 Å². The smallest absolute Gasteiger partial charge is 0.367 e. The van der Waals surface area contributed by atoms with E-state index < -0.39 is 23.6 Å². The molecule has 0 bridgehead atoms. The van der Waals surface area contributed by atoms with Gasteiger partial charge in [-0.25, -0.2) is 9.59 Å². The number of hydrogen-bond donors (Lipinski definition) is 0. The number of nitrogens with zero attached hydrogens (tertiary/aromatic N) is 1. The van der Waals surface area contributed by atoms with Gasteiger partial charge in [-0.1, -0.05) is 158 Å². The van der Waals surface area contributed by atoms with E-state index in [1.165, 1.54) is 77.0 Å². The van der Waals surface area contributed by atoms with Crippen molar-refractivity contribution in [1.29, 1.82) is 0 Å². The third-order valence-corrected chi connectivity index (χ3v) is 12.7. The summed E-state index contributed by atoms with van der Waals surface area (Å²) in [7, 11) is 0. The molecular formula is C59H93F2NO4. The standard InChI is InChI=1S/C59H93F2NO4/c1-5-9-13-17-21-25-29-36-42-52(43-37-30-26-22-18-14-10-6-2)56(60)58(63)65-49-54-47-62(46-51-40-34-33-35-41-51)48-55(54)50-66-59(64)57(61)53(44-38-31-27-23-19-15-11-7-3)45-39-32-28-24-20-16-12-8-4/h21-28,33-35,40-41,54-55H,5-20,29-32,36-39,42-50H2,1-4H3/b25-21-,26-22-,27-23-,28-24?,57-53?. The van der Waals surface area contributed by atoms with Crippen LogP contribution in [0, 0.1) is 11.8 Å². The van der Waals surface area contributed by atoms with Crippen molar-refractivity contribution in [3.63, 3.8) is 0 Å². The van der Waals surface area contributed by atoms with E-state index in [2.05, 4.69) is 93.3 Å². The SMILES string of the molecule is CCCCCC=CCCCC(CCC/C=C\CCCCC)=C(F)C(=O)OCC1CN(Cc2ccccc2)CC1COC(=O)C(F)=C(CCC/C=C\CCCCC)CCC/C=C\CCCCC. The number of carbonyl (C=O) groups is 2. The van der Waals surface area contributed by atoms with Gasteiger partial charge in [-0.15, -0.1) is 0 Å². The van der Waals surface area contributed by atoms with Crippen molar-refractivity contribution >= 4 is 11.9 Å². The van der Waals surface area contributed by atoms with Crippen molar-refractivity contribution in [2.45, 2.75) is 214 Å². The van der Waals surface area contributed by atoms with Gasteiger partial charge in [0.15, 0.2) is 0 Å². The molecule has 7 heteroatoms. The average molecular weight is 918 g/mol. The Balaban J connectivity index is 2.17. The first-order valence-corrected chi connectivity index (χ1v) is 26.8. The monoisotopic (exact) mass is 918 g/mol. The van der Waals surface area contributed by atoms with Crippen molar-refractivity contribution in [3.8, 4) is 0 Å². The molecule has 1 heterocycles. The fraction of sp³-hybridized carbons (Fsp3) is 0.661. The average Bonchev–Trinajstić information content (AvgIpc) is 3.72. The maximum Gasteiger partial charge on any atom is 0.367 e. The molecule has 0 aromatic heterocycles. The van der Waals surface area contributed by atoms with Crippen molar-refractivity contribution < 1.29 is 27.8 Å². The molecule has 1 fully saturated rings. The molecule has 66 heavy (non-hydrogen) atoms. The minimum Gasteiger partial charge on any atom is -0.460 e. The maximum absolute atomic E-state index is 16.1. The second-order valence-corrected chi connectivity index (χ2v) is 18.7. The number of likely N-dealkylation sites (tertiary alicyclic amines) is 1. The molecule has 0 amide bonds. The topological polar surface area (TPSA) is 55.8 Å². The number of allylic oxidation sites excluding steroid dienone is 10. The Kier molecular flexibility index (Phi) is 35.9. The summed E-state index contributed by atoms with van der Waals surface area (Å²) in [6.07, 6.45) is 44.8. The Morgan fingerprint density at radius 1 is 0.485 bits per heavy atom. The first kappa shape index (κ1) is 58.5. The van der Waals surface area contributed by atoms with Gasteiger partial charge in [0, 0.05) is 31.5 Å². The van der Waals surface area contributed by atoms with Crippen LogP contribution >= 0.6 is 0 Å². The Morgan fingerprint density at radius 3 is 1.09 bits per heavy atom. The van der Waals surface area contributed by atoms with Crippen molar-refractivity contribution in [1.82, 2.24) is 4.90 Å². The van der Waals surface area contributed by atoms with Crippen LogP contribution in [0.3, 0.4) is 0 Å². The second-order valence-electron chi connectivity index (χ2n) is 18.7. The molecule has 0 aliphatic carbocycles. The van der Waals surface area contributed by atoms with Gasteiger partial charge in [-0.05, 0) is 145 Å². The van der Waals surface area contributed by atoms with Gasteiger partial charge >= 0.3 is 11.9 Å². The van der Waals surface area contributed by atoms with Crippen LogP contribution in [0.2, 0.25) is 0 Å². The first-order chi connectivity index (χ1) is 32.3. The zero-order valence-corrected chi connectivity index (χ0v) is 42.3. The van der Waals surface area contributed by atoms with Crippen LogP contribution in [0.5, 0.6) is 0 Å². The van der Waals surface area contributed by atoms with Crippen LogP contribution in [-0.2, 0) is 25.6 Å². The van der Waals surface area contributed by atoms with E-state index in [1.807, 2.05) is 18.2 Å². The van der Waals surface area contributed by atoms with Crippen LogP contribution in [-0.4, -0.2) is 43.1 Å². The van der Waals surface area contributed by atoms with Gasteiger partial charge in [0.1, 0.15) is 0 Å². The van der Waals surface area contributed by atoms with Crippen molar-refractivity contribution in [3.05, 3.63) is 107 Å². The summed E-state index contributed by atoms with van der Waals surface area (Å²) in [5, 5.41) is 0. The third kappa shape index (κ3) is 28.6. The van der Waals surface area contributed by atoms with Crippen LogP contribution in [0.1, 0.15) is 213 Å². The Labute approximate surface area is 402 Å². The molecule has 0 radical (unpaired) electrons. The Bertz CT molecular complexity index is 1420. The summed E-state index contributed by atoms with van der Waals surface area (Å²) in [6, 6.07) is 10.1. The van der Waals surface area contributed by atoms with Gasteiger partial charge in [-0.3, -0.25) is 4.90 Å². The molecule has 1 aliphatic rings. The van der Waals surface area contributed by atoms with Crippen LogP contribution < -0.4 is 0 Å². The lowest BCUT2D eigenvalue weighted by molar-refractivity contribution is -0.145. The fourth-order valence-corrected chi connectivity index (χ4v) is 8.58. The Morgan fingerprint density at radius 2 is 0.788 bits per heavy atom. The molecule has 0 spiro atoms. The molecule has 5 nitrogen and oxygen atoms in total. The zero-order chi connectivity index (χ0) is 47.7. The number of carbonyl (C=O) groups excluding carboxylic acids is 2. The van der Waals surface area contributed by atoms with E-state index in [4.69, 9.17) is 9.47 Å². The van der Waals surface area contributed by atoms with Crippen LogP contribution in [0.25, 0.3) is 0 Å². The maximum atomic E-state index is 16.1. The van der Waals surface area contributed by atoms with E-state index in [0.29, 0.717) is 56.5 Å². The van der Waals surface area contributed by atoms with Gasteiger partial charge < -0.3 is 9.47 Å². The molecule has 1 saturated heterocycles. The number of benzene rings is 1. The van der Waals surface area contributed by atoms with Gasteiger partial charge in [-0.2, -0.15) is 8.78 Å². The lowest BCUT2D eigenvalue weighted by Crippen LogP contribution is -2.26. The van der Waals surface area contributed by atoms with Gasteiger partial charge in [0.2, 0.25) is 11.7 Å². The van der Waals surface area contributed by atoms with Gasteiger partial charge in [0.05, 0.1) is 13.2 Å². The highest BCUT2D eigenvalue weighted by molar-refractivity contribution is 5.87. The highest BCUT2D eigenvalue weighted by atomic mass is 19.1. The lowest BCUT2D eigenvalue weighted by atomic mass is 9.97. The van der Waals surface area contributed by atoms with E-state index in [-0.39, 0.29) is 25.0 Å². The van der Waals surface area contributed by atoms with Crippen molar-refractivity contribution in [2.24, 2.45) is 11.8 Å². The normalized spacial score (nSPS) is 16.0. The molecular weight excluding hydrogens is 825 g/mol. The number of rotatable bonds is 40. The predicted molar refractivity (Wildman–Crippen MR) is 275 cm³/mol. The third-order valence-electron chi connectivity index (χ3n) is 12.7. The molecule has 1 aliphatic heterocycles. The molecule has 2 atom stereocenters. The molecule has 2 unspecified atom stereocenters. The quantitative estimate of drug-likeness (QED) is 0.0284. The molecule has 372 valence electrons. The summed E-state index contributed by atoms with van der Waals surface area (Å²) in [5.74, 6) is -3.80. The molecule has 2 rings (SSSR count). The van der Waals surface area contributed by atoms with E-state index in [0.717, 1.165) is 82.6 Å². The molecule has 1 aromatic rings. The number of hydrogen-bond acceptors (Lipinski definition) is 5. The second kappa shape index (κ2) is 40.5. The molecule has 0 N–H and O–H groups in total. The highest BCUT2D eigenvalue weighted by Crippen LogP contribution is 2.29. The van der Waals surface area contributed by atoms with E-state index >= 15 is 8.78 Å². The van der Waals surface area contributed by atoms with Crippen LogP contribution in [0.4, 0.5) is 8.78 Å². The minimum atomic E-state index is -0.919. The highest BCUT2D eigenvalue weighted by Gasteiger charge is 2.35. The largest absolute Gasteiger partial charge is 0.460 e. The molecule has 1 aromatic carbocycles. The number of halogens is 2. The Hall–Kier alpha value is -3.58. The zero-order valence-electron chi connectivity index (χ0n) is 42.3. The summed E-state index contributed by atoms with van der Waals surface area (Å²) < 4.78 is 43.7. The summed E-state index contributed by atoms with van der Waals surface area (Å²) in [5.41, 5.74) is 2.21. The number of esters is 2. The predicted octanol–water partition coefficient (Wildman–Crippen LogP) is 17.5. The van der Waals surface area contributed by atoms with E-state index in [9.17, 15) is 9.59 Å². The lowest BCUT2D eigenvalue weighted by Gasteiger charge is -2.19. The first-order valence-electron chi connectivity index (χ1n) is 26.8. The minimum absolute atomic E-state index is 0.00443.